The number of rotatable bonds is 5. The second-order valence-electron chi connectivity index (χ2n) is 5.66. The highest BCUT2D eigenvalue weighted by Crippen LogP contribution is 2.68. The molecule has 0 aromatic rings. The summed E-state index contributed by atoms with van der Waals surface area (Å²) in [6.07, 6.45) is 0.604. The molecule has 0 aromatic heterocycles. The molecule has 1 saturated carbocycles. The molecule has 1 rings (SSSR count). The molecule has 0 atom stereocenters. The topological polar surface area (TPSA) is 66.4 Å². The molecule has 0 spiro atoms. The Kier molecular flexibility index (Phi) is 3.31. The van der Waals surface area contributed by atoms with Gasteiger partial charge in [0.2, 0.25) is 5.91 Å². The Hall–Kier alpha value is -1.06. The van der Waals surface area contributed by atoms with Gasteiger partial charge in [0.05, 0.1) is 0 Å². The van der Waals surface area contributed by atoms with Gasteiger partial charge < -0.3 is 10.4 Å². The summed E-state index contributed by atoms with van der Waals surface area (Å²) in [7, 11) is 0. The van der Waals surface area contributed by atoms with Crippen molar-refractivity contribution in [3.05, 3.63) is 0 Å². The van der Waals surface area contributed by atoms with E-state index in [1.807, 2.05) is 0 Å². The standard InChI is InChI=1S/C12H21NO3/c1-11(2)9(12(11,3)4)10(16)13-7-5-6-8(14)15/h9H,5-7H2,1-4H3,(H,13,16)(H,14,15). The number of aliphatic carboxylic acids is 1. The van der Waals surface area contributed by atoms with Gasteiger partial charge in [-0.05, 0) is 17.3 Å². The summed E-state index contributed by atoms with van der Waals surface area (Å²) in [5.74, 6) is -0.716. The average Bonchev–Trinajstić information content (AvgIpc) is 2.51. The lowest BCUT2D eigenvalue weighted by atomic mass is 10.0. The Labute approximate surface area is 96.4 Å². The highest BCUT2D eigenvalue weighted by Gasteiger charge is 2.68. The number of amides is 1. The van der Waals surface area contributed by atoms with Crippen LogP contribution in [0.1, 0.15) is 40.5 Å². The molecule has 0 radical (unpaired) electrons. The van der Waals surface area contributed by atoms with Crippen molar-refractivity contribution < 1.29 is 14.7 Å². The Bertz CT molecular complexity index is 293. The monoisotopic (exact) mass is 227 g/mol. The summed E-state index contributed by atoms with van der Waals surface area (Å²) in [5, 5.41) is 11.3. The fraction of sp³-hybridized carbons (Fsp3) is 0.833. The lowest BCUT2D eigenvalue weighted by Crippen LogP contribution is -2.28. The molecule has 1 amide bonds. The van der Waals surface area contributed by atoms with Crippen molar-refractivity contribution >= 4 is 11.9 Å². The minimum Gasteiger partial charge on any atom is -0.481 e. The molecule has 0 unspecified atom stereocenters. The van der Waals surface area contributed by atoms with Gasteiger partial charge in [-0.3, -0.25) is 9.59 Å². The smallest absolute Gasteiger partial charge is 0.303 e. The van der Waals surface area contributed by atoms with Crippen molar-refractivity contribution in [1.29, 1.82) is 0 Å². The maximum Gasteiger partial charge on any atom is 0.303 e. The number of hydrogen-bond donors (Lipinski definition) is 2. The zero-order valence-electron chi connectivity index (χ0n) is 10.5. The van der Waals surface area contributed by atoms with E-state index in [1.165, 1.54) is 0 Å². The summed E-state index contributed by atoms with van der Waals surface area (Å²) < 4.78 is 0. The molecule has 1 fully saturated rings. The molecule has 4 heteroatoms. The predicted molar refractivity (Wildman–Crippen MR) is 60.9 cm³/mol. The van der Waals surface area contributed by atoms with Gasteiger partial charge in [-0.15, -0.1) is 0 Å². The number of nitrogens with one attached hydrogen (secondary N) is 1. The summed E-state index contributed by atoms with van der Waals surface area (Å²) >= 11 is 0. The van der Waals surface area contributed by atoms with E-state index in [9.17, 15) is 9.59 Å². The van der Waals surface area contributed by atoms with Crippen LogP contribution in [0.5, 0.6) is 0 Å². The Morgan fingerprint density at radius 3 is 2.06 bits per heavy atom. The summed E-state index contributed by atoms with van der Waals surface area (Å²) in [6.45, 7) is 8.82. The van der Waals surface area contributed by atoms with Gasteiger partial charge >= 0.3 is 5.97 Å². The molecule has 4 nitrogen and oxygen atoms in total. The zero-order chi connectivity index (χ0) is 12.6. The third-order valence-electron chi connectivity index (χ3n) is 4.15. The highest BCUT2D eigenvalue weighted by molar-refractivity contribution is 5.84. The van der Waals surface area contributed by atoms with E-state index in [0.29, 0.717) is 13.0 Å². The molecule has 0 aromatic carbocycles. The molecule has 0 bridgehead atoms. The maximum absolute atomic E-state index is 11.8. The van der Waals surface area contributed by atoms with E-state index in [4.69, 9.17) is 5.11 Å². The second kappa shape index (κ2) is 4.07. The van der Waals surface area contributed by atoms with Crippen LogP contribution in [0.2, 0.25) is 0 Å². The van der Waals surface area contributed by atoms with Crippen LogP contribution in [-0.4, -0.2) is 23.5 Å². The first kappa shape index (κ1) is 13.0. The van der Waals surface area contributed by atoms with Gasteiger partial charge in [-0.25, -0.2) is 0 Å². The largest absolute Gasteiger partial charge is 0.481 e. The number of carboxylic acids is 1. The Morgan fingerprint density at radius 1 is 1.19 bits per heavy atom. The quantitative estimate of drug-likeness (QED) is 0.702. The van der Waals surface area contributed by atoms with Crippen LogP contribution in [-0.2, 0) is 9.59 Å². The average molecular weight is 227 g/mol. The molecular formula is C12H21NO3. The zero-order valence-corrected chi connectivity index (χ0v) is 10.5. The van der Waals surface area contributed by atoms with Crippen LogP contribution in [0.3, 0.4) is 0 Å². The third kappa shape index (κ3) is 2.20. The van der Waals surface area contributed by atoms with Crippen LogP contribution >= 0.6 is 0 Å². The summed E-state index contributed by atoms with van der Waals surface area (Å²) in [6, 6.07) is 0. The van der Waals surface area contributed by atoms with Crippen LogP contribution in [0, 0.1) is 16.7 Å². The Balaban J connectivity index is 2.31. The van der Waals surface area contributed by atoms with Crippen LogP contribution in [0.15, 0.2) is 0 Å². The summed E-state index contributed by atoms with van der Waals surface area (Å²) in [5.41, 5.74) is 0.0910. The van der Waals surface area contributed by atoms with Crippen molar-refractivity contribution in [3.63, 3.8) is 0 Å². The molecule has 1 aliphatic carbocycles. The van der Waals surface area contributed by atoms with E-state index in [2.05, 4.69) is 33.0 Å². The minimum absolute atomic E-state index is 0.0455. The van der Waals surface area contributed by atoms with E-state index in [1.54, 1.807) is 0 Å². The minimum atomic E-state index is -0.818. The van der Waals surface area contributed by atoms with E-state index in [-0.39, 0.29) is 29.1 Å². The second-order valence-corrected chi connectivity index (χ2v) is 5.66. The SMILES string of the molecule is CC1(C)C(C(=O)NCCCC(=O)O)C1(C)C. The van der Waals surface area contributed by atoms with Crippen molar-refractivity contribution in [2.75, 3.05) is 6.54 Å². The van der Waals surface area contributed by atoms with Gasteiger partial charge in [0.1, 0.15) is 0 Å². The van der Waals surface area contributed by atoms with E-state index in [0.717, 1.165) is 0 Å². The molecule has 16 heavy (non-hydrogen) atoms. The molecule has 92 valence electrons. The molecule has 2 N–H and O–H groups in total. The maximum atomic E-state index is 11.8. The van der Waals surface area contributed by atoms with Crippen molar-refractivity contribution in [3.8, 4) is 0 Å². The number of carbonyl (C=O) groups is 2. The van der Waals surface area contributed by atoms with Gasteiger partial charge in [-0.1, -0.05) is 27.7 Å². The van der Waals surface area contributed by atoms with Crippen LogP contribution in [0.4, 0.5) is 0 Å². The normalized spacial score (nSPS) is 21.5. The highest BCUT2D eigenvalue weighted by atomic mass is 16.4. The lowest BCUT2D eigenvalue weighted by molar-refractivity contribution is -0.137. The molecule has 0 heterocycles. The van der Waals surface area contributed by atoms with Gasteiger partial charge in [0, 0.05) is 18.9 Å². The number of carboxylic acid groups (broad SMARTS) is 1. The number of carbonyl (C=O) groups excluding carboxylic acids is 1. The Morgan fingerprint density at radius 2 is 1.69 bits per heavy atom. The fourth-order valence-electron chi connectivity index (χ4n) is 2.41. The van der Waals surface area contributed by atoms with E-state index < -0.39 is 5.97 Å². The van der Waals surface area contributed by atoms with Gasteiger partial charge in [-0.2, -0.15) is 0 Å². The van der Waals surface area contributed by atoms with Crippen LogP contribution in [0.25, 0.3) is 0 Å². The molecular weight excluding hydrogens is 206 g/mol. The molecule has 1 aliphatic rings. The van der Waals surface area contributed by atoms with Crippen LogP contribution < -0.4 is 5.32 Å². The molecule has 0 saturated heterocycles. The fourth-order valence-corrected chi connectivity index (χ4v) is 2.41. The van der Waals surface area contributed by atoms with Crippen molar-refractivity contribution in [2.24, 2.45) is 16.7 Å². The van der Waals surface area contributed by atoms with Crippen molar-refractivity contribution in [2.45, 2.75) is 40.5 Å². The number of hydrogen-bond acceptors (Lipinski definition) is 2. The molecule has 0 aliphatic heterocycles. The summed E-state index contributed by atoms with van der Waals surface area (Å²) in [4.78, 5) is 22.1. The first-order valence-electron chi connectivity index (χ1n) is 5.70. The van der Waals surface area contributed by atoms with E-state index >= 15 is 0 Å². The predicted octanol–water partition coefficient (Wildman–Crippen LogP) is 1.65. The first-order chi connectivity index (χ1) is 7.21. The van der Waals surface area contributed by atoms with Gasteiger partial charge in [0.15, 0.2) is 0 Å². The van der Waals surface area contributed by atoms with Gasteiger partial charge in [0.25, 0.3) is 0 Å². The lowest BCUT2D eigenvalue weighted by Gasteiger charge is -2.05. The van der Waals surface area contributed by atoms with Crippen molar-refractivity contribution in [1.82, 2.24) is 5.32 Å². The third-order valence-corrected chi connectivity index (χ3v) is 4.15. The first-order valence-corrected chi connectivity index (χ1v) is 5.70.